The van der Waals surface area contributed by atoms with Gasteiger partial charge in [0.2, 0.25) is 0 Å². The molecular formula is C22H40I2N2O6V. The van der Waals surface area contributed by atoms with Crippen molar-refractivity contribution < 1.29 is 38.9 Å². The van der Waals surface area contributed by atoms with Crippen LogP contribution in [0.15, 0.2) is 0 Å². The second kappa shape index (κ2) is 12.4. The minimum absolute atomic E-state index is 0.0370. The third-order valence-corrected chi connectivity index (χ3v) is 6.33. The van der Waals surface area contributed by atoms with E-state index in [1.165, 1.54) is 10.1 Å². The molecule has 0 spiro atoms. The normalized spacial score (nSPS) is 24.8. The van der Waals surface area contributed by atoms with E-state index in [9.17, 15) is 20.0 Å². The van der Waals surface area contributed by atoms with Gasteiger partial charge in [0.15, 0.2) is 0 Å². The molecule has 0 aromatic carbocycles. The van der Waals surface area contributed by atoms with E-state index in [0.29, 0.717) is 35.1 Å². The summed E-state index contributed by atoms with van der Waals surface area (Å²) in [6.07, 6.45) is 1.39. The molecule has 2 heterocycles. The fraction of sp³-hybridized carbons (Fsp3) is 0.909. The molecule has 2 N–H and O–H groups in total. The molecule has 193 valence electrons. The summed E-state index contributed by atoms with van der Waals surface area (Å²) in [5, 5.41) is 23.4. The van der Waals surface area contributed by atoms with Gasteiger partial charge in [0.05, 0.1) is 12.8 Å². The van der Waals surface area contributed by atoms with Gasteiger partial charge in [-0.1, -0.05) is 0 Å². The number of carbonyl (C=O) groups excluding carboxylic acids is 2. The van der Waals surface area contributed by atoms with Gasteiger partial charge < -0.3 is 19.9 Å². The summed E-state index contributed by atoms with van der Waals surface area (Å²) in [5.74, 6) is -0.860. The van der Waals surface area contributed by atoms with Crippen molar-refractivity contribution in [2.75, 3.05) is 0 Å². The Hall–Kier alpha value is 0.824. The standard InChI is InChI=1S/C22H40N2O6.2HI.V/c1-19(2)11-15(12-20(3,4)23(19)27)29-17(25)9-10-18(26)30-16-13-21(5,6)24(28)22(7,8)14-16;;;/h15-16,27-28H,9-14H2,1-8H3;2*1H;/q;;;+2/p-2. The van der Waals surface area contributed by atoms with Crippen LogP contribution >= 0.6 is 40.0 Å². The van der Waals surface area contributed by atoms with Crippen LogP contribution in [0.1, 0.15) is 93.9 Å². The number of halogens is 2. The van der Waals surface area contributed by atoms with Crippen LogP contribution in [-0.4, -0.2) is 66.8 Å². The molecule has 2 fully saturated rings. The first-order chi connectivity index (χ1) is 14.9. The zero-order chi connectivity index (χ0) is 25.8. The van der Waals surface area contributed by atoms with E-state index < -0.39 is 34.1 Å². The van der Waals surface area contributed by atoms with Crippen molar-refractivity contribution >= 4 is 51.9 Å². The van der Waals surface area contributed by atoms with Crippen molar-refractivity contribution in [2.45, 2.75) is 128 Å². The third-order valence-electron chi connectivity index (χ3n) is 6.33. The molecule has 0 radical (unpaired) electrons. The van der Waals surface area contributed by atoms with Gasteiger partial charge in [0, 0.05) is 47.8 Å². The molecule has 0 saturated carbocycles. The Balaban J connectivity index is 0.00000172. The van der Waals surface area contributed by atoms with Gasteiger partial charge in [-0.25, -0.2) is 0 Å². The van der Waals surface area contributed by atoms with Crippen LogP contribution in [0.4, 0.5) is 0 Å². The number of carbonyl (C=O) groups is 2. The van der Waals surface area contributed by atoms with E-state index in [1.54, 1.807) is 0 Å². The molecule has 2 aliphatic rings. The van der Waals surface area contributed by atoms with E-state index >= 15 is 0 Å². The number of ether oxygens (including phenoxy) is 2. The number of hydrogen-bond acceptors (Lipinski definition) is 8. The number of hydroxylamine groups is 4. The Labute approximate surface area is 227 Å². The molecule has 0 bridgehead atoms. The van der Waals surface area contributed by atoms with Gasteiger partial charge in [-0.15, -0.1) is 0 Å². The summed E-state index contributed by atoms with van der Waals surface area (Å²) in [5.41, 5.74) is -2.03. The molecule has 2 rings (SSSR count). The Morgan fingerprint density at radius 1 is 0.727 bits per heavy atom. The molecule has 0 aromatic rings. The molecule has 0 aromatic heterocycles. The van der Waals surface area contributed by atoms with E-state index in [0.717, 1.165) is 0 Å². The van der Waals surface area contributed by atoms with Crippen molar-refractivity contribution in [1.82, 2.24) is 10.1 Å². The van der Waals surface area contributed by atoms with Crippen LogP contribution < -0.4 is 0 Å². The number of hydrogen-bond donors (Lipinski definition) is 2. The first kappa shape index (κ1) is 31.9. The fourth-order valence-corrected chi connectivity index (χ4v) is 5.22. The molecule has 0 atom stereocenters. The Morgan fingerprint density at radius 3 is 1.15 bits per heavy atom. The van der Waals surface area contributed by atoms with Crippen molar-refractivity contribution in [3.8, 4) is 0 Å². The monoisotopic (exact) mass is 733 g/mol. The van der Waals surface area contributed by atoms with E-state index in [1.807, 2.05) is 55.4 Å². The molecule has 0 aliphatic carbocycles. The molecular weight excluding hydrogens is 693 g/mol. The Kier molecular flexibility index (Phi) is 11.9. The van der Waals surface area contributed by atoms with Crippen molar-refractivity contribution in [1.29, 1.82) is 0 Å². The molecule has 2 aliphatic heterocycles. The predicted molar refractivity (Wildman–Crippen MR) is 139 cm³/mol. The van der Waals surface area contributed by atoms with E-state index in [-0.39, 0.29) is 25.0 Å². The summed E-state index contributed by atoms with van der Waals surface area (Å²) in [7, 11) is 0.628. The number of piperidine rings is 2. The average molecular weight is 733 g/mol. The van der Waals surface area contributed by atoms with Crippen LogP contribution in [-0.2, 0) is 28.5 Å². The molecule has 11 heteroatoms. The molecule has 8 nitrogen and oxygen atoms in total. The number of rotatable bonds is 5. The van der Waals surface area contributed by atoms with Crippen LogP contribution in [0, 0.1) is 0 Å². The summed E-state index contributed by atoms with van der Waals surface area (Å²) in [4.78, 5) is 24.6. The zero-order valence-electron chi connectivity index (χ0n) is 21.0. The number of esters is 2. The van der Waals surface area contributed by atoms with Gasteiger partial charge in [-0.2, -0.15) is 10.1 Å². The van der Waals surface area contributed by atoms with Gasteiger partial charge >= 0.3 is 61.4 Å². The van der Waals surface area contributed by atoms with Gasteiger partial charge in [0.1, 0.15) is 12.2 Å². The van der Waals surface area contributed by atoms with Gasteiger partial charge in [0.25, 0.3) is 0 Å². The molecule has 0 amide bonds. The van der Waals surface area contributed by atoms with E-state index in [2.05, 4.69) is 40.0 Å². The summed E-state index contributed by atoms with van der Waals surface area (Å²) >= 11 is 4.74. The van der Waals surface area contributed by atoms with Gasteiger partial charge in [-0.3, -0.25) is 9.59 Å². The first-order valence-corrected chi connectivity index (χ1v) is 20.2. The SMILES string of the molecule is CC1(C)CC(OC(=O)CCC(=O)OC2CC(C)(C)N(O)C(C)(C)C2)CC(C)(C)N1O.[I][V][I]. The molecule has 33 heavy (non-hydrogen) atoms. The molecule has 0 unspecified atom stereocenters. The Morgan fingerprint density at radius 2 is 0.939 bits per heavy atom. The maximum absolute atomic E-state index is 12.3. The second-order valence-electron chi connectivity index (χ2n) is 11.5. The fourth-order valence-electron chi connectivity index (χ4n) is 5.22. The number of nitrogens with zero attached hydrogens (tertiary/aromatic N) is 2. The third kappa shape index (κ3) is 9.33. The van der Waals surface area contributed by atoms with Crippen molar-refractivity contribution in [2.24, 2.45) is 0 Å². The quantitative estimate of drug-likeness (QED) is 0.285. The van der Waals surface area contributed by atoms with Crippen LogP contribution in [0.25, 0.3) is 0 Å². The summed E-state index contributed by atoms with van der Waals surface area (Å²) in [6, 6.07) is 0. The van der Waals surface area contributed by atoms with Crippen LogP contribution in [0.2, 0.25) is 0 Å². The maximum atomic E-state index is 12.3. The van der Waals surface area contributed by atoms with E-state index in [4.69, 9.17) is 9.47 Å². The van der Waals surface area contributed by atoms with Crippen LogP contribution in [0.5, 0.6) is 0 Å². The summed E-state index contributed by atoms with van der Waals surface area (Å²) < 4.78 is 11.2. The Bertz CT molecular complexity index is 598. The first-order valence-electron chi connectivity index (χ1n) is 11.2. The van der Waals surface area contributed by atoms with Gasteiger partial charge in [-0.05, 0) is 55.4 Å². The topological polar surface area (TPSA) is 99.5 Å². The zero-order valence-corrected chi connectivity index (χ0v) is 26.7. The molecule has 2 saturated heterocycles. The average Bonchev–Trinajstić information content (AvgIpc) is 2.62. The summed E-state index contributed by atoms with van der Waals surface area (Å²) in [6.45, 7) is 15.3. The van der Waals surface area contributed by atoms with Crippen molar-refractivity contribution in [3.63, 3.8) is 0 Å². The minimum atomic E-state index is -0.507. The second-order valence-corrected chi connectivity index (χ2v) is 23.3. The predicted octanol–water partition coefficient (Wildman–Crippen LogP) is 5.44. The van der Waals surface area contributed by atoms with Crippen LogP contribution in [0.3, 0.4) is 0 Å². The van der Waals surface area contributed by atoms with Crippen molar-refractivity contribution in [3.05, 3.63) is 0 Å².